The number of hydrogen-bond acceptors (Lipinski definition) is 3. The van der Waals surface area contributed by atoms with E-state index in [1.165, 1.54) is 0 Å². The van der Waals surface area contributed by atoms with Crippen LogP contribution in [-0.4, -0.2) is 22.5 Å². The molecule has 0 saturated heterocycles. The fraction of sp³-hybridized carbons (Fsp3) is 0.231. The maximum atomic E-state index is 11.1. The number of nitrogens with one attached hydrogen (secondary N) is 1. The normalized spacial score (nSPS) is 11.1. The van der Waals surface area contributed by atoms with Gasteiger partial charge in [0, 0.05) is 17.8 Å². The molecular formula is C13H14N2O2. The summed E-state index contributed by atoms with van der Waals surface area (Å²) in [5, 5.41) is 1.06. The summed E-state index contributed by atoms with van der Waals surface area (Å²) < 4.78 is 4.83. The average molecular weight is 230 g/mol. The summed E-state index contributed by atoms with van der Waals surface area (Å²) in [6.45, 7) is 2.22. The number of rotatable bonds is 4. The highest BCUT2D eigenvalue weighted by atomic mass is 16.5. The summed E-state index contributed by atoms with van der Waals surface area (Å²) in [5.41, 5.74) is 1.84. The molecule has 0 aliphatic carbocycles. The zero-order valence-electron chi connectivity index (χ0n) is 9.64. The largest absolute Gasteiger partial charge is 0.466 e. The van der Waals surface area contributed by atoms with E-state index in [-0.39, 0.29) is 5.97 Å². The maximum Gasteiger partial charge on any atom is 0.309 e. The number of carbonyl (C=O) groups is 1. The summed E-state index contributed by atoms with van der Waals surface area (Å²) in [6, 6.07) is 3.98. The van der Waals surface area contributed by atoms with E-state index in [2.05, 4.69) is 9.97 Å². The molecule has 4 nitrogen and oxygen atoms in total. The molecule has 0 spiro atoms. The van der Waals surface area contributed by atoms with Crippen molar-refractivity contribution >= 4 is 23.1 Å². The number of aromatic amines is 1. The Morgan fingerprint density at radius 2 is 2.47 bits per heavy atom. The lowest BCUT2D eigenvalue weighted by molar-refractivity contribution is -0.142. The lowest BCUT2D eigenvalue weighted by atomic mass is 10.2. The minimum absolute atomic E-state index is 0.209. The number of pyridine rings is 1. The van der Waals surface area contributed by atoms with Gasteiger partial charge in [0.15, 0.2) is 0 Å². The summed E-state index contributed by atoms with van der Waals surface area (Å²) in [4.78, 5) is 18.4. The van der Waals surface area contributed by atoms with E-state index < -0.39 is 0 Å². The van der Waals surface area contributed by atoms with Gasteiger partial charge in [-0.3, -0.25) is 4.79 Å². The first-order valence-corrected chi connectivity index (χ1v) is 5.55. The zero-order chi connectivity index (χ0) is 12.1. The van der Waals surface area contributed by atoms with Gasteiger partial charge in [-0.15, -0.1) is 0 Å². The number of ether oxygens (including phenoxy) is 1. The molecule has 0 atom stereocenters. The first-order valence-electron chi connectivity index (χ1n) is 5.55. The lowest BCUT2D eigenvalue weighted by Gasteiger charge is -1.97. The predicted octanol–water partition coefficient (Wildman–Crippen LogP) is 2.53. The Labute approximate surface area is 99.3 Å². The molecule has 2 rings (SSSR count). The SMILES string of the molecule is CCOC(=O)CC=Cc1cnc2[nH]ccc2c1. The molecule has 0 aliphatic heterocycles. The van der Waals surface area contributed by atoms with Crippen LogP contribution in [0.4, 0.5) is 0 Å². The Morgan fingerprint density at radius 3 is 3.29 bits per heavy atom. The van der Waals surface area contributed by atoms with Crippen molar-refractivity contribution < 1.29 is 9.53 Å². The number of aromatic nitrogens is 2. The highest BCUT2D eigenvalue weighted by Crippen LogP contribution is 2.12. The number of fused-ring (bicyclic) bond motifs is 1. The predicted molar refractivity (Wildman–Crippen MR) is 66.4 cm³/mol. The second-order valence-electron chi connectivity index (χ2n) is 3.60. The third-order valence-electron chi connectivity index (χ3n) is 2.32. The van der Waals surface area contributed by atoms with Gasteiger partial charge in [0.25, 0.3) is 0 Å². The van der Waals surface area contributed by atoms with Gasteiger partial charge >= 0.3 is 5.97 Å². The van der Waals surface area contributed by atoms with E-state index in [0.29, 0.717) is 13.0 Å². The van der Waals surface area contributed by atoms with Crippen LogP contribution in [0, 0.1) is 0 Å². The summed E-state index contributed by atoms with van der Waals surface area (Å²) >= 11 is 0. The number of carbonyl (C=O) groups excluding carboxylic acids is 1. The van der Waals surface area contributed by atoms with Crippen molar-refractivity contribution in [1.29, 1.82) is 0 Å². The van der Waals surface area contributed by atoms with Crippen LogP contribution in [0.5, 0.6) is 0 Å². The lowest BCUT2D eigenvalue weighted by Crippen LogP contribution is -2.01. The van der Waals surface area contributed by atoms with Crippen LogP contribution in [0.3, 0.4) is 0 Å². The molecule has 2 heterocycles. The zero-order valence-corrected chi connectivity index (χ0v) is 9.64. The molecule has 4 heteroatoms. The number of esters is 1. The molecule has 0 radical (unpaired) electrons. The molecule has 0 amide bonds. The molecular weight excluding hydrogens is 216 g/mol. The maximum absolute atomic E-state index is 11.1. The molecule has 2 aromatic heterocycles. The van der Waals surface area contributed by atoms with E-state index in [4.69, 9.17) is 4.74 Å². The van der Waals surface area contributed by atoms with Crippen LogP contribution in [0.1, 0.15) is 18.9 Å². The topological polar surface area (TPSA) is 55.0 Å². The van der Waals surface area contributed by atoms with E-state index in [1.807, 2.05) is 24.4 Å². The van der Waals surface area contributed by atoms with E-state index in [9.17, 15) is 4.79 Å². The molecule has 0 aromatic carbocycles. The fourth-order valence-corrected chi connectivity index (χ4v) is 1.56. The Kier molecular flexibility index (Phi) is 3.55. The van der Waals surface area contributed by atoms with Crippen molar-refractivity contribution in [3.05, 3.63) is 36.2 Å². The minimum atomic E-state index is -0.209. The van der Waals surface area contributed by atoms with E-state index in [1.54, 1.807) is 19.2 Å². The quantitative estimate of drug-likeness (QED) is 0.821. The second kappa shape index (κ2) is 5.30. The van der Waals surface area contributed by atoms with Gasteiger partial charge in [-0.1, -0.05) is 12.2 Å². The Bertz CT molecular complexity index is 543. The molecule has 88 valence electrons. The second-order valence-corrected chi connectivity index (χ2v) is 3.60. The molecule has 0 unspecified atom stereocenters. The molecule has 0 saturated carbocycles. The summed E-state index contributed by atoms with van der Waals surface area (Å²) in [7, 11) is 0. The van der Waals surface area contributed by atoms with Crippen LogP contribution in [0.15, 0.2) is 30.6 Å². The molecule has 1 N–H and O–H groups in total. The number of hydrogen-bond donors (Lipinski definition) is 1. The standard InChI is InChI=1S/C13H14N2O2/c1-2-17-12(16)5-3-4-10-8-11-6-7-14-13(11)15-9-10/h3-4,6-9H,2,5H2,1H3,(H,14,15). The van der Waals surface area contributed by atoms with Crippen molar-refractivity contribution in [2.24, 2.45) is 0 Å². The first-order chi connectivity index (χ1) is 8.29. The van der Waals surface area contributed by atoms with Crippen molar-refractivity contribution in [2.45, 2.75) is 13.3 Å². The Morgan fingerprint density at radius 1 is 1.59 bits per heavy atom. The third-order valence-corrected chi connectivity index (χ3v) is 2.32. The molecule has 0 aliphatic rings. The molecule has 0 fully saturated rings. The average Bonchev–Trinajstić information content (AvgIpc) is 2.76. The Hall–Kier alpha value is -2.10. The minimum Gasteiger partial charge on any atom is -0.466 e. The van der Waals surface area contributed by atoms with Crippen LogP contribution in [-0.2, 0) is 9.53 Å². The molecule has 0 bridgehead atoms. The monoisotopic (exact) mass is 230 g/mol. The molecule has 2 aromatic rings. The van der Waals surface area contributed by atoms with E-state index in [0.717, 1.165) is 16.6 Å². The highest BCUT2D eigenvalue weighted by Gasteiger charge is 1.98. The fourth-order valence-electron chi connectivity index (χ4n) is 1.56. The van der Waals surface area contributed by atoms with Crippen LogP contribution in [0.2, 0.25) is 0 Å². The molecule has 17 heavy (non-hydrogen) atoms. The summed E-state index contributed by atoms with van der Waals surface area (Å²) in [5.74, 6) is -0.209. The Balaban J connectivity index is 2.02. The van der Waals surface area contributed by atoms with Crippen LogP contribution in [0.25, 0.3) is 17.1 Å². The van der Waals surface area contributed by atoms with Crippen molar-refractivity contribution in [1.82, 2.24) is 9.97 Å². The third kappa shape index (κ3) is 2.93. The summed E-state index contributed by atoms with van der Waals surface area (Å²) in [6.07, 6.45) is 7.56. The van der Waals surface area contributed by atoms with Gasteiger partial charge < -0.3 is 9.72 Å². The van der Waals surface area contributed by atoms with Crippen LogP contribution < -0.4 is 0 Å². The number of H-pyrrole nitrogens is 1. The van der Waals surface area contributed by atoms with Gasteiger partial charge in [-0.25, -0.2) is 4.98 Å². The first kappa shape index (κ1) is 11.4. The smallest absolute Gasteiger partial charge is 0.309 e. The highest BCUT2D eigenvalue weighted by molar-refractivity contribution is 5.78. The number of nitrogens with zero attached hydrogens (tertiary/aromatic N) is 1. The van der Waals surface area contributed by atoms with Gasteiger partial charge in [0.1, 0.15) is 5.65 Å². The van der Waals surface area contributed by atoms with Crippen LogP contribution >= 0.6 is 0 Å². The van der Waals surface area contributed by atoms with Crippen molar-refractivity contribution in [3.8, 4) is 0 Å². The van der Waals surface area contributed by atoms with E-state index >= 15 is 0 Å². The van der Waals surface area contributed by atoms with Crippen molar-refractivity contribution in [3.63, 3.8) is 0 Å². The van der Waals surface area contributed by atoms with Gasteiger partial charge in [-0.05, 0) is 24.6 Å². The van der Waals surface area contributed by atoms with Gasteiger partial charge in [0.2, 0.25) is 0 Å². The van der Waals surface area contributed by atoms with Gasteiger partial charge in [-0.2, -0.15) is 0 Å². The van der Waals surface area contributed by atoms with Crippen molar-refractivity contribution in [2.75, 3.05) is 6.61 Å². The van der Waals surface area contributed by atoms with Gasteiger partial charge in [0.05, 0.1) is 13.0 Å².